The van der Waals surface area contributed by atoms with E-state index in [1.807, 2.05) is 17.8 Å². The first-order chi connectivity index (χ1) is 4.35. The van der Waals surface area contributed by atoms with Crippen molar-refractivity contribution in [2.75, 3.05) is 12.0 Å². The van der Waals surface area contributed by atoms with E-state index in [1.165, 1.54) is 0 Å². The lowest BCUT2D eigenvalue weighted by molar-refractivity contribution is 0.608. The van der Waals surface area contributed by atoms with Gasteiger partial charge < -0.3 is 0 Å². The number of thioether (sulfide) groups is 1. The lowest BCUT2D eigenvalue weighted by atomic mass is 10.2. The van der Waals surface area contributed by atoms with E-state index in [4.69, 9.17) is 5.84 Å². The zero-order chi connectivity index (χ0) is 7.11. The molecule has 0 saturated heterocycles. The van der Waals surface area contributed by atoms with Crippen molar-refractivity contribution in [3.05, 3.63) is 12.7 Å². The highest BCUT2D eigenvalue weighted by Crippen LogP contribution is 1.99. The van der Waals surface area contributed by atoms with Crippen LogP contribution in [0.15, 0.2) is 12.7 Å². The SMILES string of the molecule is C=CC(CCSC)NN. The van der Waals surface area contributed by atoms with Crippen LogP contribution in [0.3, 0.4) is 0 Å². The van der Waals surface area contributed by atoms with E-state index in [0.29, 0.717) is 0 Å². The summed E-state index contributed by atoms with van der Waals surface area (Å²) < 4.78 is 0. The molecule has 9 heavy (non-hydrogen) atoms. The van der Waals surface area contributed by atoms with Gasteiger partial charge in [-0.05, 0) is 18.4 Å². The summed E-state index contributed by atoms with van der Waals surface area (Å²) in [7, 11) is 0. The number of nitrogens with two attached hydrogens (primary N) is 1. The first-order valence-electron chi connectivity index (χ1n) is 2.92. The summed E-state index contributed by atoms with van der Waals surface area (Å²) in [5.41, 5.74) is 2.66. The molecule has 0 heterocycles. The Morgan fingerprint density at radius 2 is 2.56 bits per heavy atom. The molecule has 0 rings (SSSR count). The Bertz CT molecular complexity index is 75.5. The van der Waals surface area contributed by atoms with Crippen LogP contribution in [0.2, 0.25) is 0 Å². The molecule has 0 bridgehead atoms. The summed E-state index contributed by atoms with van der Waals surface area (Å²) in [6.45, 7) is 3.63. The van der Waals surface area contributed by atoms with Gasteiger partial charge in [0.25, 0.3) is 0 Å². The van der Waals surface area contributed by atoms with Gasteiger partial charge in [0.05, 0.1) is 0 Å². The molecular weight excluding hydrogens is 132 g/mol. The van der Waals surface area contributed by atoms with Crippen molar-refractivity contribution in [3.8, 4) is 0 Å². The highest BCUT2D eigenvalue weighted by Gasteiger charge is 1.97. The molecule has 54 valence electrons. The van der Waals surface area contributed by atoms with Crippen LogP contribution in [-0.4, -0.2) is 18.1 Å². The Hall–Kier alpha value is 0.01000. The standard InChI is InChI=1S/C6H14N2S/c1-3-6(8-7)4-5-9-2/h3,6,8H,1,4-5,7H2,2H3. The third-order valence-corrected chi connectivity index (χ3v) is 1.78. The third kappa shape index (κ3) is 4.51. The molecule has 0 saturated carbocycles. The minimum absolute atomic E-state index is 0.275. The fourth-order valence-electron chi connectivity index (χ4n) is 0.514. The average molecular weight is 146 g/mol. The minimum atomic E-state index is 0.275. The van der Waals surface area contributed by atoms with Crippen molar-refractivity contribution < 1.29 is 0 Å². The number of hydrazine groups is 1. The highest BCUT2D eigenvalue weighted by molar-refractivity contribution is 7.98. The number of hydrogen-bond donors (Lipinski definition) is 2. The molecule has 0 aliphatic carbocycles. The first kappa shape index (κ1) is 9.01. The Morgan fingerprint density at radius 3 is 2.89 bits per heavy atom. The fourth-order valence-corrected chi connectivity index (χ4v) is 1.00. The van der Waals surface area contributed by atoms with E-state index >= 15 is 0 Å². The van der Waals surface area contributed by atoms with Crippen LogP contribution < -0.4 is 11.3 Å². The normalized spacial score (nSPS) is 13.1. The van der Waals surface area contributed by atoms with Crippen LogP contribution in [0.4, 0.5) is 0 Å². The molecule has 0 aromatic rings. The van der Waals surface area contributed by atoms with Gasteiger partial charge in [0, 0.05) is 6.04 Å². The van der Waals surface area contributed by atoms with Crippen LogP contribution >= 0.6 is 11.8 Å². The van der Waals surface area contributed by atoms with Crippen LogP contribution in [0.1, 0.15) is 6.42 Å². The summed E-state index contributed by atoms with van der Waals surface area (Å²) in [5.74, 6) is 6.32. The van der Waals surface area contributed by atoms with Gasteiger partial charge in [0.15, 0.2) is 0 Å². The maximum atomic E-state index is 5.19. The van der Waals surface area contributed by atoms with E-state index < -0.39 is 0 Å². The van der Waals surface area contributed by atoms with Crippen LogP contribution in [0, 0.1) is 0 Å². The van der Waals surface area contributed by atoms with E-state index in [9.17, 15) is 0 Å². The molecular formula is C6H14N2S. The van der Waals surface area contributed by atoms with Crippen molar-refractivity contribution in [1.82, 2.24) is 5.43 Å². The van der Waals surface area contributed by atoms with Crippen molar-refractivity contribution in [3.63, 3.8) is 0 Å². The zero-order valence-corrected chi connectivity index (χ0v) is 6.58. The topological polar surface area (TPSA) is 38.0 Å². The van der Waals surface area contributed by atoms with Crippen molar-refractivity contribution in [2.24, 2.45) is 5.84 Å². The lowest BCUT2D eigenvalue weighted by Gasteiger charge is -2.08. The van der Waals surface area contributed by atoms with Gasteiger partial charge in [-0.25, -0.2) is 0 Å². The lowest BCUT2D eigenvalue weighted by Crippen LogP contribution is -2.33. The van der Waals surface area contributed by atoms with Crippen LogP contribution in [0.5, 0.6) is 0 Å². The van der Waals surface area contributed by atoms with Gasteiger partial charge in [-0.2, -0.15) is 11.8 Å². The van der Waals surface area contributed by atoms with E-state index in [-0.39, 0.29) is 6.04 Å². The van der Waals surface area contributed by atoms with E-state index in [2.05, 4.69) is 18.3 Å². The van der Waals surface area contributed by atoms with Crippen LogP contribution in [0.25, 0.3) is 0 Å². The second-order valence-electron chi connectivity index (χ2n) is 1.79. The monoisotopic (exact) mass is 146 g/mol. The summed E-state index contributed by atoms with van der Waals surface area (Å²) in [6, 6.07) is 0.275. The molecule has 1 unspecified atom stereocenters. The zero-order valence-electron chi connectivity index (χ0n) is 5.76. The molecule has 0 fully saturated rings. The largest absolute Gasteiger partial charge is 0.271 e. The predicted octanol–water partition coefficient (Wildman–Crippen LogP) is 0.757. The van der Waals surface area contributed by atoms with Crippen LogP contribution in [-0.2, 0) is 0 Å². The van der Waals surface area contributed by atoms with Gasteiger partial charge in [0.1, 0.15) is 0 Å². The second-order valence-corrected chi connectivity index (χ2v) is 2.78. The molecule has 0 aromatic carbocycles. The predicted molar refractivity (Wildman–Crippen MR) is 44.3 cm³/mol. The Balaban J connectivity index is 3.20. The maximum Gasteiger partial charge on any atom is 0.0395 e. The molecule has 0 aromatic heterocycles. The Labute approximate surface area is 60.9 Å². The van der Waals surface area contributed by atoms with E-state index in [1.54, 1.807) is 0 Å². The molecule has 1 atom stereocenters. The molecule has 2 nitrogen and oxygen atoms in total. The maximum absolute atomic E-state index is 5.19. The average Bonchev–Trinajstić information content (AvgIpc) is 1.91. The molecule has 0 spiro atoms. The second kappa shape index (κ2) is 6.13. The number of rotatable bonds is 5. The molecule has 0 radical (unpaired) electrons. The molecule has 3 heteroatoms. The van der Waals surface area contributed by atoms with Crippen molar-refractivity contribution in [1.29, 1.82) is 0 Å². The molecule has 0 amide bonds. The quantitative estimate of drug-likeness (QED) is 0.341. The van der Waals surface area contributed by atoms with Gasteiger partial charge in [-0.1, -0.05) is 6.08 Å². The minimum Gasteiger partial charge on any atom is -0.271 e. The van der Waals surface area contributed by atoms with Gasteiger partial charge in [-0.3, -0.25) is 11.3 Å². The van der Waals surface area contributed by atoms with E-state index in [0.717, 1.165) is 12.2 Å². The molecule has 0 aliphatic rings. The first-order valence-corrected chi connectivity index (χ1v) is 4.32. The fraction of sp³-hybridized carbons (Fsp3) is 0.667. The molecule has 3 N–H and O–H groups in total. The van der Waals surface area contributed by atoms with Crippen molar-refractivity contribution >= 4 is 11.8 Å². The number of nitrogens with one attached hydrogen (secondary N) is 1. The summed E-state index contributed by atoms with van der Waals surface area (Å²) in [4.78, 5) is 0. The number of hydrogen-bond acceptors (Lipinski definition) is 3. The van der Waals surface area contributed by atoms with Crippen molar-refractivity contribution in [2.45, 2.75) is 12.5 Å². The van der Waals surface area contributed by atoms with Gasteiger partial charge in [0.2, 0.25) is 0 Å². The summed E-state index contributed by atoms with van der Waals surface area (Å²) >= 11 is 1.82. The summed E-state index contributed by atoms with van der Waals surface area (Å²) in [5, 5.41) is 0. The smallest absolute Gasteiger partial charge is 0.0395 e. The van der Waals surface area contributed by atoms with Gasteiger partial charge in [-0.15, -0.1) is 6.58 Å². The Morgan fingerprint density at radius 1 is 1.89 bits per heavy atom. The highest BCUT2D eigenvalue weighted by atomic mass is 32.2. The Kier molecular flexibility index (Phi) is 6.14. The molecule has 0 aliphatic heterocycles. The summed E-state index contributed by atoms with van der Waals surface area (Å²) in [6.07, 6.45) is 4.97. The third-order valence-electron chi connectivity index (χ3n) is 1.13. The van der Waals surface area contributed by atoms with Gasteiger partial charge >= 0.3 is 0 Å².